The van der Waals surface area contributed by atoms with E-state index in [1.54, 1.807) is 6.92 Å². The van der Waals surface area contributed by atoms with Gasteiger partial charge in [-0.15, -0.1) is 0 Å². The second kappa shape index (κ2) is 8.12. The highest BCUT2D eigenvalue weighted by Crippen LogP contribution is 2.28. The number of carbonyl (C=O) groups excluding carboxylic acids is 2. The number of hydrogen-bond acceptors (Lipinski definition) is 4. The first-order chi connectivity index (χ1) is 10.2. The Kier molecular flexibility index (Phi) is 6.80. The molecule has 1 saturated carbocycles. The fraction of sp³-hybridized carbons (Fsp3) is 0.800. The van der Waals surface area contributed by atoms with E-state index in [0.29, 0.717) is 11.8 Å². The lowest BCUT2D eigenvalue weighted by Crippen LogP contribution is -2.54. The van der Waals surface area contributed by atoms with Gasteiger partial charge in [-0.2, -0.15) is 0 Å². The Labute approximate surface area is 131 Å². The van der Waals surface area contributed by atoms with Gasteiger partial charge >= 0.3 is 5.97 Å². The molecule has 7 nitrogen and oxygen atoms in total. The SMILES string of the molecule is CC1CCCC(C)C1NC(=O)[C@@H](C)NC(=O)[C@@H](N)CC(=O)O. The van der Waals surface area contributed by atoms with Gasteiger partial charge < -0.3 is 21.5 Å². The lowest BCUT2D eigenvalue weighted by molar-refractivity contribution is -0.139. The highest BCUT2D eigenvalue weighted by atomic mass is 16.4. The quantitative estimate of drug-likeness (QED) is 0.559. The van der Waals surface area contributed by atoms with Gasteiger partial charge in [0.25, 0.3) is 0 Å². The van der Waals surface area contributed by atoms with Crippen LogP contribution in [0.2, 0.25) is 0 Å². The molecule has 0 aromatic carbocycles. The Morgan fingerprint density at radius 2 is 1.73 bits per heavy atom. The standard InChI is InChI=1S/C15H27N3O4/c1-8-5-4-6-9(2)13(8)18-14(21)10(3)17-15(22)11(16)7-12(19)20/h8-11,13H,4-7,16H2,1-3H3,(H,17,22)(H,18,21)(H,19,20)/t8?,9?,10-,11+,13?/m1/s1. The van der Waals surface area contributed by atoms with Gasteiger partial charge in [-0.1, -0.05) is 20.3 Å². The van der Waals surface area contributed by atoms with Gasteiger partial charge in [-0.3, -0.25) is 14.4 Å². The van der Waals surface area contributed by atoms with Crippen molar-refractivity contribution >= 4 is 17.8 Å². The van der Waals surface area contributed by atoms with Crippen LogP contribution >= 0.6 is 0 Å². The van der Waals surface area contributed by atoms with E-state index in [9.17, 15) is 14.4 Å². The monoisotopic (exact) mass is 313 g/mol. The third-order valence-corrected chi connectivity index (χ3v) is 4.34. The van der Waals surface area contributed by atoms with Crippen LogP contribution in [0.4, 0.5) is 0 Å². The van der Waals surface area contributed by atoms with Gasteiger partial charge in [0.05, 0.1) is 12.5 Å². The molecule has 0 aromatic rings. The minimum Gasteiger partial charge on any atom is -0.481 e. The maximum absolute atomic E-state index is 12.2. The number of hydrogen-bond donors (Lipinski definition) is 4. The first-order valence-corrected chi connectivity index (χ1v) is 7.80. The Hall–Kier alpha value is -1.63. The Morgan fingerprint density at radius 1 is 1.18 bits per heavy atom. The average molecular weight is 313 g/mol. The summed E-state index contributed by atoms with van der Waals surface area (Å²) in [5.41, 5.74) is 5.47. The smallest absolute Gasteiger partial charge is 0.305 e. The van der Waals surface area contributed by atoms with Gasteiger partial charge in [0.15, 0.2) is 0 Å². The van der Waals surface area contributed by atoms with Crippen molar-refractivity contribution in [1.29, 1.82) is 0 Å². The minimum absolute atomic E-state index is 0.105. The molecule has 1 aliphatic carbocycles. The maximum atomic E-state index is 12.2. The third-order valence-electron chi connectivity index (χ3n) is 4.34. The summed E-state index contributed by atoms with van der Waals surface area (Å²) < 4.78 is 0. The fourth-order valence-electron chi connectivity index (χ4n) is 2.92. The van der Waals surface area contributed by atoms with E-state index >= 15 is 0 Å². The molecular formula is C15H27N3O4. The topological polar surface area (TPSA) is 122 Å². The fourth-order valence-corrected chi connectivity index (χ4v) is 2.92. The highest BCUT2D eigenvalue weighted by Gasteiger charge is 2.30. The van der Waals surface area contributed by atoms with Crippen LogP contribution in [0.3, 0.4) is 0 Å². The molecule has 0 radical (unpaired) electrons. The third kappa shape index (κ3) is 5.29. The molecule has 0 heterocycles. The Balaban J connectivity index is 2.50. The zero-order valence-electron chi connectivity index (χ0n) is 13.5. The van der Waals surface area contributed by atoms with Crippen molar-refractivity contribution in [3.8, 4) is 0 Å². The van der Waals surface area contributed by atoms with Crippen LogP contribution in [0.15, 0.2) is 0 Å². The van der Waals surface area contributed by atoms with Gasteiger partial charge in [0.1, 0.15) is 6.04 Å². The number of amides is 2. The average Bonchev–Trinajstić information content (AvgIpc) is 2.41. The molecule has 2 unspecified atom stereocenters. The largest absolute Gasteiger partial charge is 0.481 e. The predicted molar refractivity (Wildman–Crippen MR) is 81.9 cm³/mol. The van der Waals surface area contributed by atoms with Crippen LogP contribution in [-0.4, -0.2) is 41.0 Å². The molecular weight excluding hydrogens is 286 g/mol. The summed E-state index contributed by atoms with van der Waals surface area (Å²) in [5.74, 6) is -1.23. The predicted octanol–water partition coefficient (Wildman–Crippen LogP) is 0.234. The zero-order valence-corrected chi connectivity index (χ0v) is 13.5. The molecule has 4 atom stereocenters. The number of nitrogens with one attached hydrogen (secondary N) is 2. The number of carboxylic acids is 1. The molecule has 0 aliphatic heterocycles. The normalized spacial score (nSPS) is 27.5. The van der Waals surface area contributed by atoms with Crippen LogP contribution < -0.4 is 16.4 Å². The van der Waals surface area contributed by atoms with E-state index in [1.165, 1.54) is 6.42 Å². The van der Waals surface area contributed by atoms with E-state index in [1.807, 2.05) is 0 Å². The van der Waals surface area contributed by atoms with E-state index in [-0.39, 0.29) is 11.9 Å². The molecule has 0 aromatic heterocycles. The molecule has 1 fully saturated rings. The Bertz CT molecular complexity index is 417. The molecule has 1 rings (SSSR count). The highest BCUT2D eigenvalue weighted by molar-refractivity contribution is 5.91. The maximum Gasteiger partial charge on any atom is 0.305 e. The van der Waals surface area contributed by atoms with E-state index < -0.39 is 30.4 Å². The zero-order chi connectivity index (χ0) is 16.9. The number of nitrogens with two attached hydrogens (primary N) is 1. The summed E-state index contributed by atoms with van der Waals surface area (Å²) in [6.07, 6.45) is 2.88. The van der Waals surface area contributed by atoms with Gasteiger partial charge in [-0.25, -0.2) is 0 Å². The summed E-state index contributed by atoms with van der Waals surface area (Å²) in [4.78, 5) is 34.5. The van der Waals surface area contributed by atoms with Crippen molar-refractivity contribution < 1.29 is 19.5 Å². The summed E-state index contributed by atoms with van der Waals surface area (Å²) in [5, 5.41) is 14.1. The molecule has 7 heteroatoms. The Morgan fingerprint density at radius 3 is 2.23 bits per heavy atom. The lowest BCUT2D eigenvalue weighted by Gasteiger charge is -2.35. The van der Waals surface area contributed by atoms with Gasteiger partial charge in [-0.05, 0) is 31.6 Å². The van der Waals surface area contributed by atoms with E-state index in [0.717, 1.165) is 12.8 Å². The van der Waals surface area contributed by atoms with Crippen LogP contribution in [0.25, 0.3) is 0 Å². The summed E-state index contributed by atoms with van der Waals surface area (Å²) >= 11 is 0. The molecule has 22 heavy (non-hydrogen) atoms. The van der Waals surface area contributed by atoms with Gasteiger partial charge in [0.2, 0.25) is 11.8 Å². The van der Waals surface area contributed by atoms with Crippen molar-refractivity contribution in [1.82, 2.24) is 10.6 Å². The number of carbonyl (C=O) groups is 3. The molecule has 5 N–H and O–H groups in total. The molecule has 1 aliphatic rings. The van der Waals surface area contributed by atoms with Crippen molar-refractivity contribution in [3.05, 3.63) is 0 Å². The van der Waals surface area contributed by atoms with Crippen molar-refractivity contribution in [2.24, 2.45) is 17.6 Å². The van der Waals surface area contributed by atoms with Crippen LogP contribution in [0, 0.1) is 11.8 Å². The van der Waals surface area contributed by atoms with Crippen molar-refractivity contribution in [2.75, 3.05) is 0 Å². The molecule has 126 valence electrons. The molecule has 0 spiro atoms. The number of carboxylic acid groups (broad SMARTS) is 1. The molecule has 0 saturated heterocycles. The van der Waals surface area contributed by atoms with Crippen LogP contribution in [0.1, 0.15) is 46.5 Å². The summed E-state index contributed by atoms with van der Waals surface area (Å²) in [7, 11) is 0. The molecule has 0 bridgehead atoms. The second-order valence-corrected chi connectivity index (χ2v) is 6.35. The van der Waals surface area contributed by atoms with Crippen molar-refractivity contribution in [3.63, 3.8) is 0 Å². The number of rotatable bonds is 6. The molecule has 2 amide bonds. The first-order valence-electron chi connectivity index (χ1n) is 7.80. The first kappa shape index (κ1) is 18.4. The number of aliphatic carboxylic acids is 1. The van der Waals surface area contributed by atoms with E-state index in [4.69, 9.17) is 10.8 Å². The summed E-state index contributed by atoms with van der Waals surface area (Å²) in [6, 6.07) is -1.79. The lowest BCUT2D eigenvalue weighted by atomic mass is 9.78. The second-order valence-electron chi connectivity index (χ2n) is 6.35. The minimum atomic E-state index is -1.15. The van der Waals surface area contributed by atoms with Crippen LogP contribution in [0.5, 0.6) is 0 Å². The van der Waals surface area contributed by atoms with Gasteiger partial charge in [0, 0.05) is 6.04 Å². The van der Waals surface area contributed by atoms with Crippen molar-refractivity contribution in [2.45, 2.75) is 64.6 Å². The van der Waals surface area contributed by atoms with Crippen LogP contribution in [-0.2, 0) is 14.4 Å². The summed E-state index contributed by atoms with van der Waals surface area (Å²) in [6.45, 7) is 5.80. The van der Waals surface area contributed by atoms with E-state index in [2.05, 4.69) is 24.5 Å².